The van der Waals surface area contributed by atoms with Crippen LogP contribution in [0.4, 0.5) is 0 Å². The number of nitrogens with one attached hydrogen (secondary N) is 4. The second-order valence-electron chi connectivity index (χ2n) is 11.2. The van der Waals surface area contributed by atoms with Gasteiger partial charge in [-0.3, -0.25) is 24.0 Å². The monoisotopic (exact) mass is 559 g/mol. The molecule has 4 atom stereocenters. The number of aliphatic hydroxyl groups is 1. The van der Waals surface area contributed by atoms with Crippen molar-refractivity contribution in [2.45, 2.75) is 84.5 Å². The van der Waals surface area contributed by atoms with Crippen molar-refractivity contribution in [2.75, 3.05) is 19.6 Å². The van der Waals surface area contributed by atoms with Gasteiger partial charge in [0.05, 0.1) is 12.6 Å². The highest BCUT2D eigenvalue weighted by atomic mass is 16.3. The minimum Gasteiger partial charge on any atom is -0.391 e. The highest BCUT2D eigenvalue weighted by Crippen LogP contribution is 2.10. The second kappa shape index (κ2) is 16.0. The van der Waals surface area contributed by atoms with E-state index in [-0.39, 0.29) is 44.3 Å². The van der Waals surface area contributed by atoms with Gasteiger partial charge in [0.25, 0.3) is 0 Å². The Morgan fingerprint density at radius 2 is 1.60 bits per heavy atom. The number of amides is 5. The number of nitrogens with zero attached hydrogens (tertiary/aromatic N) is 1. The molecule has 1 fully saturated rings. The zero-order valence-corrected chi connectivity index (χ0v) is 24.2. The number of carbonyl (C=O) groups is 5. The lowest BCUT2D eigenvalue weighted by atomic mass is 10.0. The van der Waals surface area contributed by atoms with Crippen LogP contribution >= 0.6 is 0 Å². The van der Waals surface area contributed by atoms with Crippen molar-refractivity contribution in [1.82, 2.24) is 26.2 Å². The molecule has 1 aliphatic rings. The molecule has 5 amide bonds. The van der Waals surface area contributed by atoms with Crippen molar-refractivity contribution in [3.05, 3.63) is 35.9 Å². The largest absolute Gasteiger partial charge is 0.391 e. The van der Waals surface area contributed by atoms with Crippen molar-refractivity contribution in [2.24, 2.45) is 11.8 Å². The Morgan fingerprint density at radius 3 is 2.20 bits per heavy atom. The molecule has 1 saturated heterocycles. The lowest BCUT2D eigenvalue weighted by molar-refractivity contribution is -0.137. The molecule has 11 heteroatoms. The number of rotatable bonds is 8. The number of hydrogen-bond acceptors (Lipinski definition) is 6. The van der Waals surface area contributed by atoms with Crippen molar-refractivity contribution < 1.29 is 29.1 Å². The van der Waals surface area contributed by atoms with Gasteiger partial charge in [-0.15, -0.1) is 0 Å². The highest BCUT2D eigenvalue weighted by Gasteiger charge is 2.33. The smallest absolute Gasteiger partial charge is 0.245 e. The molecule has 11 nitrogen and oxygen atoms in total. The first kappa shape index (κ1) is 32.7. The molecule has 0 aromatic heterocycles. The molecule has 0 saturated carbocycles. The summed E-state index contributed by atoms with van der Waals surface area (Å²) in [7, 11) is 0. The lowest BCUT2D eigenvalue weighted by Gasteiger charge is -2.27. The van der Waals surface area contributed by atoms with Crippen LogP contribution in [0.5, 0.6) is 0 Å². The molecule has 5 N–H and O–H groups in total. The van der Waals surface area contributed by atoms with E-state index in [1.165, 1.54) is 11.8 Å². The molecule has 0 spiro atoms. The fourth-order valence-electron chi connectivity index (χ4n) is 4.44. The van der Waals surface area contributed by atoms with E-state index in [2.05, 4.69) is 35.1 Å². The molecular weight excluding hydrogens is 514 g/mol. The third-order valence-electron chi connectivity index (χ3n) is 6.78. The van der Waals surface area contributed by atoms with Gasteiger partial charge in [-0.25, -0.2) is 0 Å². The Hall–Kier alpha value is -3.47. The summed E-state index contributed by atoms with van der Waals surface area (Å²) < 4.78 is 0. The maximum atomic E-state index is 13.4. The fourth-order valence-corrected chi connectivity index (χ4v) is 4.44. The second-order valence-corrected chi connectivity index (χ2v) is 11.2. The van der Waals surface area contributed by atoms with Gasteiger partial charge in [0, 0.05) is 25.9 Å². The summed E-state index contributed by atoms with van der Waals surface area (Å²) in [5, 5.41) is 21.0. The minimum atomic E-state index is -1.29. The third kappa shape index (κ3) is 10.6. The molecular formula is C29H45N5O6. The number of carbonyl (C=O) groups excluding carboxylic acids is 5. The van der Waals surface area contributed by atoms with Crippen molar-refractivity contribution >= 4 is 29.5 Å². The van der Waals surface area contributed by atoms with Gasteiger partial charge in [-0.2, -0.15) is 0 Å². The summed E-state index contributed by atoms with van der Waals surface area (Å²) in [5.74, 6) is -2.49. The van der Waals surface area contributed by atoms with Gasteiger partial charge in [0.2, 0.25) is 29.5 Å². The molecule has 1 heterocycles. The summed E-state index contributed by atoms with van der Waals surface area (Å²) in [5.41, 5.74) is 0.774. The van der Waals surface area contributed by atoms with E-state index < -0.39 is 47.9 Å². The lowest BCUT2D eigenvalue weighted by Crippen LogP contribution is -2.60. The fraction of sp³-hybridized carbons (Fsp3) is 0.621. The highest BCUT2D eigenvalue weighted by molar-refractivity contribution is 5.95. The number of benzene rings is 1. The van der Waals surface area contributed by atoms with Crippen LogP contribution in [0.1, 0.15) is 59.4 Å². The Morgan fingerprint density at radius 1 is 0.925 bits per heavy atom. The van der Waals surface area contributed by atoms with E-state index in [1.54, 1.807) is 26.0 Å². The van der Waals surface area contributed by atoms with E-state index in [9.17, 15) is 29.1 Å². The topological polar surface area (TPSA) is 157 Å². The van der Waals surface area contributed by atoms with Gasteiger partial charge in [-0.05, 0) is 30.7 Å². The van der Waals surface area contributed by atoms with Crippen LogP contribution in [0.15, 0.2) is 30.3 Å². The molecule has 0 bridgehead atoms. The summed E-state index contributed by atoms with van der Waals surface area (Å²) in [6.07, 6.45) is 0.674. The van der Waals surface area contributed by atoms with E-state index >= 15 is 0 Å². The van der Waals surface area contributed by atoms with Crippen LogP contribution in [-0.4, -0.2) is 83.4 Å². The van der Waals surface area contributed by atoms with Gasteiger partial charge in [-0.1, -0.05) is 64.4 Å². The quantitative estimate of drug-likeness (QED) is 0.312. The summed E-state index contributed by atoms with van der Waals surface area (Å²) in [6, 6.07) is 5.73. The maximum Gasteiger partial charge on any atom is 0.245 e. The van der Waals surface area contributed by atoms with Gasteiger partial charge >= 0.3 is 0 Å². The zero-order valence-electron chi connectivity index (χ0n) is 24.2. The van der Waals surface area contributed by atoms with Crippen molar-refractivity contribution in [3.63, 3.8) is 0 Å². The third-order valence-corrected chi connectivity index (χ3v) is 6.78. The first-order valence-electron chi connectivity index (χ1n) is 14.1. The standard InChI is InChI=1S/C29H45N5O6/c1-18(2)10-9-13-24(37)34-15-14-30-28(39)26(20(5)35)33-27(38)22(16-21-11-7-6-8-12-21)31-29(40)25(19(3)4)32-23(36)17-34/h6-8,11-12,18-20,22,25-26,35H,9-10,13-17H2,1-5H3,(H,30,39)(H,31,40)(H,32,36)(H,33,38)/t20-,22+,25-,26+/m1/s1. The van der Waals surface area contributed by atoms with E-state index in [0.717, 1.165) is 12.0 Å². The maximum absolute atomic E-state index is 13.4. The van der Waals surface area contributed by atoms with E-state index in [4.69, 9.17) is 0 Å². The van der Waals surface area contributed by atoms with Crippen LogP contribution in [0, 0.1) is 11.8 Å². The van der Waals surface area contributed by atoms with Crippen LogP contribution < -0.4 is 21.3 Å². The molecule has 2 rings (SSSR count). The van der Waals surface area contributed by atoms with Gasteiger partial charge in [0.15, 0.2) is 0 Å². The van der Waals surface area contributed by atoms with E-state index in [0.29, 0.717) is 12.3 Å². The molecule has 1 aromatic carbocycles. The molecule has 0 radical (unpaired) electrons. The number of hydrogen-bond donors (Lipinski definition) is 5. The van der Waals surface area contributed by atoms with Crippen LogP contribution in [0.25, 0.3) is 0 Å². The average Bonchev–Trinajstić information content (AvgIpc) is 2.88. The van der Waals surface area contributed by atoms with Crippen molar-refractivity contribution in [3.8, 4) is 0 Å². The van der Waals surface area contributed by atoms with Gasteiger partial charge < -0.3 is 31.3 Å². The molecule has 1 aromatic rings. The zero-order chi connectivity index (χ0) is 29.8. The predicted octanol–water partition coefficient (Wildman–Crippen LogP) is 0.505. The molecule has 40 heavy (non-hydrogen) atoms. The van der Waals surface area contributed by atoms with Crippen LogP contribution in [0.3, 0.4) is 0 Å². The van der Waals surface area contributed by atoms with Crippen LogP contribution in [-0.2, 0) is 30.4 Å². The summed E-state index contributed by atoms with van der Waals surface area (Å²) in [6.45, 7) is 8.84. The Bertz CT molecular complexity index is 1010. The Labute approximate surface area is 236 Å². The Balaban J connectivity index is 2.36. The minimum absolute atomic E-state index is 0.0133. The molecule has 222 valence electrons. The van der Waals surface area contributed by atoms with Crippen molar-refractivity contribution in [1.29, 1.82) is 0 Å². The summed E-state index contributed by atoms with van der Waals surface area (Å²) in [4.78, 5) is 67.0. The Kier molecular flexibility index (Phi) is 13.1. The predicted molar refractivity (Wildman–Crippen MR) is 151 cm³/mol. The van der Waals surface area contributed by atoms with Gasteiger partial charge in [0.1, 0.15) is 18.1 Å². The summed E-state index contributed by atoms with van der Waals surface area (Å²) >= 11 is 0. The molecule has 0 unspecified atom stereocenters. The van der Waals surface area contributed by atoms with E-state index in [1.807, 2.05) is 18.2 Å². The first-order chi connectivity index (χ1) is 18.9. The first-order valence-corrected chi connectivity index (χ1v) is 14.1. The van der Waals surface area contributed by atoms with Crippen LogP contribution in [0.2, 0.25) is 0 Å². The SMILES string of the molecule is CC(C)CCCC(=O)N1CCNC(=O)[C@H]([C@@H](C)O)NC(=O)[C@H](Cc2ccccc2)NC(=O)[C@@H](C(C)C)NC(=O)C1. The molecule has 1 aliphatic heterocycles. The average molecular weight is 560 g/mol. The number of aliphatic hydroxyl groups excluding tert-OH is 1. The molecule has 0 aliphatic carbocycles. The normalized spacial score (nSPS) is 22.5.